The number of hydrogen-bond acceptors (Lipinski definition) is 4. The van der Waals surface area contributed by atoms with Crippen LogP contribution in [0.5, 0.6) is 0 Å². The summed E-state index contributed by atoms with van der Waals surface area (Å²) in [5.74, 6) is 0.149. The third-order valence-corrected chi connectivity index (χ3v) is 5.39. The van der Waals surface area contributed by atoms with Crippen LogP contribution in [-0.2, 0) is 18.3 Å². The first-order valence-electron chi connectivity index (χ1n) is 6.82. The van der Waals surface area contributed by atoms with Crippen molar-refractivity contribution in [3.05, 3.63) is 41.2 Å². The molecular formula is C15H21O4P. The number of fused-ring (bicyclic) bond motifs is 1. The molecule has 0 spiro atoms. The molecule has 0 fully saturated rings. The fourth-order valence-corrected chi connectivity index (χ4v) is 3.64. The standard InChI is InChI=1S/C15H21O4P/c1-4-5-9-13-11-12-8-6-7-10-14(12)15(19-13)20(16,17-2)18-3/h6-8,10-11,15H,4-5,9H2,1-3H3. The van der Waals surface area contributed by atoms with E-state index in [4.69, 9.17) is 13.8 Å². The van der Waals surface area contributed by atoms with Crippen LogP contribution < -0.4 is 0 Å². The van der Waals surface area contributed by atoms with Gasteiger partial charge in [-0.1, -0.05) is 37.6 Å². The molecule has 1 aromatic rings. The molecule has 0 amide bonds. The van der Waals surface area contributed by atoms with Crippen LogP contribution in [0.1, 0.15) is 43.2 Å². The van der Waals surface area contributed by atoms with E-state index in [9.17, 15) is 4.57 Å². The third kappa shape index (κ3) is 2.98. The van der Waals surface area contributed by atoms with Crippen LogP contribution in [0.3, 0.4) is 0 Å². The zero-order chi connectivity index (χ0) is 14.6. The van der Waals surface area contributed by atoms with E-state index in [0.29, 0.717) is 0 Å². The number of rotatable bonds is 6. The van der Waals surface area contributed by atoms with Gasteiger partial charge in [-0.25, -0.2) is 0 Å². The molecule has 0 bridgehead atoms. The average molecular weight is 296 g/mol. The molecule has 0 aromatic heterocycles. The van der Waals surface area contributed by atoms with Crippen molar-refractivity contribution in [2.75, 3.05) is 14.2 Å². The minimum absolute atomic E-state index is 0.689. The van der Waals surface area contributed by atoms with Gasteiger partial charge in [0, 0.05) is 26.2 Å². The van der Waals surface area contributed by atoms with Gasteiger partial charge in [-0.2, -0.15) is 0 Å². The zero-order valence-corrected chi connectivity index (χ0v) is 13.1. The predicted molar refractivity (Wildman–Crippen MR) is 79.4 cm³/mol. The Morgan fingerprint density at radius 1 is 1.25 bits per heavy atom. The van der Waals surface area contributed by atoms with Crippen LogP contribution in [-0.4, -0.2) is 14.2 Å². The van der Waals surface area contributed by atoms with E-state index in [1.807, 2.05) is 30.3 Å². The summed E-state index contributed by atoms with van der Waals surface area (Å²) in [6.45, 7) is 2.13. The Labute approximate surface area is 120 Å². The summed E-state index contributed by atoms with van der Waals surface area (Å²) < 4.78 is 28.8. The van der Waals surface area contributed by atoms with Crippen molar-refractivity contribution >= 4 is 13.7 Å². The minimum atomic E-state index is -3.32. The van der Waals surface area contributed by atoms with Gasteiger partial charge in [-0.3, -0.25) is 4.57 Å². The van der Waals surface area contributed by atoms with Crippen LogP contribution >= 0.6 is 7.60 Å². The lowest BCUT2D eigenvalue weighted by atomic mass is 10.0. The zero-order valence-electron chi connectivity index (χ0n) is 12.2. The molecule has 1 aliphatic rings. The predicted octanol–water partition coefficient (Wildman–Crippen LogP) is 4.73. The van der Waals surface area contributed by atoms with E-state index in [-0.39, 0.29) is 0 Å². The smallest absolute Gasteiger partial charge is 0.374 e. The lowest BCUT2D eigenvalue weighted by molar-refractivity contribution is 0.125. The molecule has 110 valence electrons. The second kappa shape index (κ2) is 6.57. The van der Waals surface area contributed by atoms with E-state index < -0.39 is 13.4 Å². The topological polar surface area (TPSA) is 44.8 Å². The van der Waals surface area contributed by atoms with Crippen molar-refractivity contribution in [2.24, 2.45) is 0 Å². The molecule has 1 aliphatic heterocycles. The maximum Gasteiger partial charge on any atom is 0.374 e. The molecule has 20 heavy (non-hydrogen) atoms. The quantitative estimate of drug-likeness (QED) is 0.712. The highest BCUT2D eigenvalue weighted by molar-refractivity contribution is 7.54. The summed E-state index contributed by atoms with van der Waals surface area (Å²) in [6, 6.07) is 7.75. The van der Waals surface area contributed by atoms with Crippen LogP contribution in [0, 0.1) is 0 Å². The molecular weight excluding hydrogens is 275 g/mol. The summed E-state index contributed by atoms with van der Waals surface area (Å²) in [5, 5.41) is 0. The van der Waals surface area contributed by atoms with Gasteiger partial charge in [0.25, 0.3) is 0 Å². The van der Waals surface area contributed by atoms with Crippen molar-refractivity contribution in [3.63, 3.8) is 0 Å². The van der Waals surface area contributed by atoms with Crippen LogP contribution in [0.15, 0.2) is 30.0 Å². The Morgan fingerprint density at radius 3 is 2.60 bits per heavy atom. The molecule has 4 nitrogen and oxygen atoms in total. The monoisotopic (exact) mass is 296 g/mol. The first-order chi connectivity index (χ1) is 9.64. The second-order valence-electron chi connectivity index (χ2n) is 4.72. The van der Waals surface area contributed by atoms with Gasteiger partial charge in [0.15, 0.2) is 0 Å². The summed E-state index contributed by atoms with van der Waals surface area (Å²) in [6.07, 6.45) is 4.95. The van der Waals surface area contributed by atoms with Gasteiger partial charge in [-0.15, -0.1) is 0 Å². The van der Waals surface area contributed by atoms with E-state index in [2.05, 4.69) is 6.92 Å². The highest BCUT2D eigenvalue weighted by atomic mass is 31.2. The molecule has 1 atom stereocenters. The number of unbranched alkanes of at least 4 members (excludes halogenated alkanes) is 1. The van der Waals surface area contributed by atoms with E-state index in [1.54, 1.807) is 0 Å². The molecule has 5 heteroatoms. The van der Waals surface area contributed by atoms with Gasteiger partial charge in [-0.05, 0) is 18.1 Å². The van der Waals surface area contributed by atoms with E-state index >= 15 is 0 Å². The summed E-state index contributed by atoms with van der Waals surface area (Å²) in [7, 11) is -0.543. The molecule has 0 aliphatic carbocycles. The Morgan fingerprint density at radius 2 is 1.95 bits per heavy atom. The SMILES string of the molecule is CCCCC1=Cc2ccccc2C(P(=O)(OC)OC)O1. The summed E-state index contributed by atoms with van der Waals surface area (Å²) >= 11 is 0. The minimum Gasteiger partial charge on any atom is -0.477 e. The van der Waals surface area contributed by atoms with Crippen molar-refractivity contribution in [1.82, 2.24) is 0 Å². The Bertz CT molecular complexity index is 530. The van der Waals surface area contributed by atoms with Crippen molar-refractivity contribution in [2.45, 2.75) is 32.0 Å². The fourth-order valence-electron chi connectivity index (χ4n) is 2.26. The van der Waals surface area contributed by atoms with Crippen LogP contribution in [0.25, 0.3) is 6.08 Å². The molecule has 2 rings (SSSR count). The van der Waals surface area contributed by atoms with Crippen molar-refractivity contribution in [1.29, 1.82) is 0 Å². The maximum absolute atomic E-state index is 12.7. The van der Waals surface area contributed by atoms with E-state index in [0.717, 1.165) is 36.1 Å². The number of ether oxygens (including phenoxy) is 1. The Balaban J connectivity index is 2.39. The molecule has 0 radical (unpaired) electrons. The number of allylic oxidation sites excluding steroid dienone is 1. The van der Waals surface area contributed by atoms with Gasteiger partial charge >= 0.3 is 7.60 Å². The fraction of sp³-hybridized carbons (Fsp3) is 0.467. The largest absolute Gasteiger partial charge is 0.477 e. The highest BCUT2D eigenvalue weighted by Gasteiger charge is 2.40. The second-order valence-corrected chi connectivity index (χ2v) is 7.00. The van der Waals surface area contributed by atoms with Crippen LogP contribution in [0.4, 0.5) is 0 Å². The van der Waals surface area contributed by atoms with Crippen molar-refractivity contribution in [3.8, 4) is 0 Å². The maximum atomic E-state index is 12.7. The first-order valence-corrected chi connectivity index (χ1v) is 8.43. The average Bonchev–Trinajstić information content (AvgIpc) is 2.51. The van der Waals surface area contributed by atoms with E-state index in [1.165, 1.54) is 14.2 Å². The first kappa shape index (κ1) is 15.3. The number of benzene rings is 1. The van der Waals surface area contributed by atoms with Gasteiger partial charge < -0.3 is 13.8 Å². The van der Waals surface area contributed by atoms with Crippen LogP contribution in [0.2, 0.25) is 0 Å². The third-order valence-electron chi connectivity index (χ3n) is 3.41. The van der Waals surface area contributed by atoms with Crippen molar-refractivity contribution < 1.29 is 18.3 Å². The van der Waals surface area contributed by atoms with Gasteiger partial charge in [0.1, 0.15) is 0 Å². The molecule has 1 unspecified atom stereocenters. The summed E-state index contributed by atoms with van der Waals surface area (Å²) in [5.41, 5.74) is 1.86. The van der Waals surface area contributed by atoms with Gasteiger partial charge in [0.05, 0.1) is 5.76 Å². The normalized spacial score (nSPS) is 18.1. The lowest BCUT2D eigenvalue weighted by Gasteiger charge is -2.30. The Kier molecular flexibility index (Phi) is 5.03. The molecule has 0 N–H and O–H groups in total. The Hall–Kier alpha value is -1.09. The van der Waals surface area contributed by atoms with Gasteiger partial charge in [0.2, 0.25) is 5.85 Å². The summed E-state index contributed by atoms with van der Waals surface area (Å²) in [4.78, 5) is 0. The highest BCUT2D eigenvalue weighted by Crippen LogP contribution is 2.62. The molecule has 0 saturated heterocycles. The number of hydrogen-bond donors (Lipinski definition) is 0. The molecule has 1 aromatic carbocycles. The lowest BCUT2D eigenvalue weighted by Crippen LogP contribution is -2.13. The molecule has 0 saturated carbocycles. The molecule has 1 heterocycles.